The molecule has 0 aliphatic carbocycles. The number of rotatable bonds is 3. The highest BCUT2D eigenvalue weighted by atomic mass is 16.1. The number of carbonyl (C=O) groups is 1. The van der Waals surface area contributed by atoms with Gasteiger partial charge in [0.05, 0.1) is 5.69 Å². The largest absolute Gasteiger partial charge is 0.306 e. The van der Waals surface area contributed by atoms with E-state index in [0.717, 1.165) is 0 Å². The Kier molecular flexibility index (Phi) is 3.95. The van der Waals surface area contributed by atoms with E-state index in [9.17, 15) is 9.59 Å². The van der Waals surface area contributed by atoms with Crippen LogP contribution in [0.5, 0.6) is 0 Å². The highest BCUT2D eigenvalue weighted by Crippen LogP contribution is 2.15. The van der Waals surface area contributed by atoms with Crippen molar-refractivity contribution in [1.82, 2.24) is 24.7 Å². The van der Waals surface area contributed by atoms with Crippen LogP contribution >= 0.6 is 0 Å². The second-order valence-electron chi connectivity index (χ2n) is 5.37. The minimum absolute atomic E-state index is 0.239. The smallest absolute Gasteiger partial charge is 0.256 e. The van der Waals surface area contributed by atoms with Crippen molar-refractivity contribution in [3.8, 4) is 5.95 Å². The van der Waals surface area contributed by atoms with Crippen molar-refractivity contribution in [3.63, 3.8) is 0 Å². The summed E-state index contributed by atoms with van der Waals surface area (Å²) in [6.45, 7) is 5.24. The summed E-state index contributed by atoms with van der Waals surface area (Å²) < 4.78 is 1.41. The molecule has 122 valence electrons. The molecule has 0 spiro atoms. The summed E-state index contributed by atoms with van der Waals surface area (Å²) in [5.74, 6) is 0.367. The van der Waals surface area contributed by atoms with Gasteiger partial charge in [-0.3, -0.25) is 19.6 Å². The van der Waals surface area contributed by atoms with Crippen LogP contribution in [0.1, 0.15) is 27.3 Å². The summed E-state index contributed by atoms with van der Waals surface area (Å²) >= 11 is 0. The zero-order valence-corrected chi connectivity index (χ0v) is 13.5. The standard InChI is InChI=1S/C16H16N6O2/c1-9-8-13(19-15(24)12-4-6-17-7-5-12)22(21-9)16-18-11(3)10(2)14(23)20-16/h4-8H,1-3H3,(H,19,24)(H,18,20,23). The Hall–Kier alpha value is -3.29. The van der Waals surface area contributed by atoms with Crippen LogP contribution in [0.4, 0.5) is 5.82 Å². The molecular weight excluding hydrogens is 308 g/mol. The molecule has 8 nitrogen and oxygen atoms in total. The third kappa shape index (κ3) is 2.94. The molecule has 0 unspecified atom stereocenters. The number of amides is 1. The van der Waals surface area contributed by atoms with Gasteiger partial charge in [0.2, 0.25) is 5.95 Å². The van der Waals surface area contributed by atoms with Crippen molar-refractivity contribution in [2.75, 3.05) is 5.32 Å². The summed E-state index contributed by atoms with van der Waals surface area (Å²) in [6, 6.07) is 4.92. The van der Waals surface area contributed by atoms with Crippen LogP contribution in [0.15, 0.2) is 35.4 Å². The molecule has 0 aliphatic heterocycles. The predicted octanol–water partition coefficient (Wildman–Crippen LogP) is 1.53. The second-order valence-corrected chi connectivity index (χ2v) is 5.37. The van der Waals surface area contributed by atoms with Gasteiger partial charge in [0.15, 0.2) is 0 Å². The van der Waals surface area contributed by atoms with E-state index in [0.29, 0.717) is 28.3 Å². The molecule has 0 saturated heterocycles. The molecule has 0 aliphatic rings. The number of carbonyl (C=O) groups excluding carboxylic acids is 1. The lowest BCUT2D eigenvalue weighted by molar-refractivity contribution is 0.102. The zero-order chi connectivity index (χ0) is 17.3. The first-order valence-electron chi connectivity index (χ1n) is 7.31. The van der Waals surface area contributed by atoms with Crippen LogP contribution in [0.3, 0.4) is 0 Å². The summed E-state index contributed by atoms with van der Waals surface area (Å²) in [5.41, 5.74) is 2.06. The Bertz CT molecular complexity index is 958. The van der Waals surface area contributed by atoms with E-state index in [1.54, 1.807) is 51.4 Å². The third-order valence-electron chi connectivity index (χ3n) is 3.60. The Labute approximate surface area is 137 Å². The SMILES string of the molecule is Cc1cc(NC(=O)c2ccncc2)n(-c2nc(C)c(C)c(=O)[nH]2)n1. The van der Waals surface area contributed by atoms with Crippen LogP contribution in [-0.4, -0.2) is 30.6 Å². The normalized spacial score (nSPS) is 10.6. The number of aromatic amines is 1. The Balaban J connectivity index is 2.00. The number of hydrogen-bond acceptors (Lipinski definition) is 5. The fourth-order valence-electron chi connectivity index (χ4n) is 2.17. The number of H-pyrrole nitrogens is 1. The summed E-state index contributed by atoms with van der Waals surface area (Å²) in [4.78, 5) is 35.2. The molecule has 3 aromatic rings. The fourth-order valence-corrected chi connectivity index (χ4v) is 2.17. The number of anilines is 1. The molecule has 3 heterocycles. The summed E-state index contributed by atoms with van der Waals surface area (Å²) in [5, 5.41) is 7.07. The molecule has 2 N–H and O–H groups in total. The fraction of sp³-hybridized carbons (Fsp3) is 0.188. The lowest BCUT2D eigenvalue weighted by Crippen LogP contribution is -2.20. The highest BCUT2D eigenvalue weighted by molar-refractivity contribution is 6.03. The number of pyridine rings is 1. The number of aryl methyl sites for hydroxylation is 2. The highest BCUT2D eigenvalue weighted by Gasteiger charge is 2.15. The molecule has 24 heavy (non-hydrogen) atoms. The van der Waals surface area contributed by atoms with E-state index in [1.165, 1.54) is 4.68 Å². The topological polar surface area (TPSA) is 106 Å². The van der Waals surface area contributed by atoms with E-state index in [-0.39, 0.29) is 17.4 Å². The Morgan fingerprint density at radius 3 is 2.58 bits per heavy atom. The van der Waals surface area contributed by atoms with Crippen molar-refractivity contribution >= 4 is 11.7 Å². The second kappa shape index (κ2) is 6.07. The van der Waals surface area contributed by atoms with Gasteiger partial charge in [-0.05, 0) is 32.9 Å². The van der Waals surface area contributed by atoms with Gasteiger partial charge in [-0.1, -0.05) is 0 Å². The molecule has 0 bridgehead atoms. The van der Waals surface area contributed by atoms with Gasteiger partial charge in [-0.15, -0.1) is 0 Å². The van der Waals surface area contributed by atoms with Crippen molar-refractivity contribution in [2.45, 2.75) is 20.8 Å². The molecule has 1 amide bonds. The first-order chi connectivity index (χ1) is 11.5. The molecular formula is C16H16N6O2. The quantitative estimate of drug-likeness (QED) is 0.760. The minimum Gasteiger partial charge on any atom is -0.306 e. The molecule has 3 aromatic heterocycles. The molecule has 0 atom stereocenters. The number of hydrogen-bond donors (Lipinski definition) is 2. The lowest BCUT2D eigenvalue weighted by atomic mass is 10.2. The molecule has 0 saturated carbocycles. The average Bonchev–Trinajstić information content (AvgIpc) is 2.93. The molecule has 3 rings (SSSR count). The average molecular weight is 324 g/mol. The summed E-state index contributed by atoms with van der Waals surface area (Å²) in [6.07, 6.45) is 3.08. The minimum atomic E-state index is -0.301. The van der Waals surface area contributed by atoms with Gasteiger partial charge in [-0.25, -0.2) is 4.98 Å². The van der Waals surface area contributed by atoms with Gasteiger partial charge < -0.3 is 5.32 Å². The maximum atomic E-state index is 12.3. The van der Waals surface area contributed by atoms with Crippen LogP contribution < -0.4 is 10.9 Å². The van der Waals surface area contributed by atoms with Crippen LogP contribution in [0, 0.1) is 20.8 Å². The van der Waals surface area contributed by atoms with E-state index in [2.05, 4.69) is 25.4 Å². The Morgan fingerprint density at radius 2 is 1.92 bits per heavy atom. The first-order valence-corrected chi connectivity index (χ1v) is 7.31. The van der Waals surface area contributed by atoms with Gasteiger partial charge in [0.25, 0.3) is 11.5 Å². The van der Waals surface area contributed by atoms with Crippen molar-refractivity contribution in [2.24, 2.45) is 0 Å². The van der Waals surface area contributed by atoms with Crippen LogP contribution in [0.2, 0.25) is 0 Å². The van der Waals surface area contributed by atoms with Gasteiger partial charge >= 0.3 is 0 Å². The molecule has 0 radical (unpaired) electrons. The maximum absolute atomic E-state index is 12.3. The third-order valence-corrected chi connectivity index (χ3v) is 3.60. The molecule has 8 heteroatoms. The van der Waals surface area contributed by atoms with E-state index < -0.39 is 0 Å². The lowest BCUT2D eigenvalue weighted by Gasteiger charge is -2.09. The zero-order valence-electron chi connectivity index (χ0n) is 13.5. The monoisotopic (exact) mass is 324 g/mol. The predicted molar refractivity (Wildman–Crippen MR) is 88.4 cm³/mol. The first kappa shape index (κ1) is 15.6. The van der Waals surface area contributed by atoms with E-state index in [1.807, 2.05) is 0 Å². The maximum Gasteiger partial charge on any atom is 0.256 e. The van der Waals surface area contributed by atoms with Crippen molar-refractivity contribution < 1.29 is 4.79 Å². The molecule has 0 fully saturated rings. The Morgan fingerprint density at radius 1 is 1.21 bits per heavy atom. The van der Waals surface area contributed by atoms with Crippen LogP contribution in [-0.2, 0) is 0 Å². The van der Waals surface area contributed by atoms with E-state index in [4.69, 9.17) is 0 Å². The number of nitrogens with one attached hydrogen (secondary N) is 2. The molecule has 0 aromatic carbocycles. The van der Waals surface area contributed by atoms with Crippen LogP contribution in [0.25, 0.3) is 5.95 Å². The van der Waals surface area contributed by atoms with E-state index >= 15 is 0 Å². The summed E-state index contributed by atoms with van der Waals surface area (Å²) in [7, 11) is 0. The number of aromatic nitrogens is 5. The van der Waals surface area contributed by atoms with Crippen molar-refractivity contribution in [1.29, 1.82) is 0 Å². The van der Waals surface area contributed by atoms with Gasteiger partial charge in [0.1, 0.15) is 5.82 Å². The van der Waals surface area contributed by atoms with Crippen molar-refractivity contribution in [3.05, 3.63) is 63.5 Å². The van der Waals surface area contributed by atoms with Gasteiger partial charge in [0, 0.05) is 35.3 Å². The van der Waals surface area contributed by atoms with Gasteiger partial charge in [-0.2, -0.15) is 9.78 Å². The number of nitrogens with zero attached hydrogens (tertiary/aromatic N) is 4.